The van der Waals surface area contributed by atoms with E-state index >= 15 is 0 Å². The molecule has 3 heteroatoms. The Bertz CT molecular complexity index is 3840. The lowest BCUT2D eigenvalue weighted by Crippen LogP contribution is -2.16. The molecule has 302 valence electrons. The van der Waals surface area contributed by atoms with Gasteiger partial charge in [-0.2, -0.15) is 0 Å². The van der Waals surface area contributed by atoms with Crippen molar-refractivity contribution in [2.45, 2.75) is 19.3 Å². The summed E-state index contributed by atoms with van der Waals surface area (Å²) in [5, 5.41) is 7.13. The molecule has 0 spiro atoms. The first-order valence-corrected chi connectivity index (χ1v) is 22.2. The lowest BCUT2D eigenvalue weighted by Gasteiger charge is -2.29. The topological polar surface area (TPSA) is 21.3 Å². The summed E-state index contributed by atoms with van der Waals surface area (Å²) < 4.78 is 8.73. The third kappa shape index (κ3) is 5.47. The van der Waals surface area contributed by atoms with Crippen LogP contribution in [0.15, 0.2) is 223 Å². The summed E-state index contributed by atoms with van der Waals surface area (Å²) in [5.41, 5.74) is 18.6. The minimum Gasteiger partial charge on any atom is -0.456 e. The van der Waals surface area contributed by atoms with Crippen LogP contribution in [-0.4, -0.2) is 4.57 Å². The van der Waals surface area contributed by atoms with Crippen LogP contribution in [0.5, 0.6) is 0 Å². The zero-order valence-electron chi connectivity index (χ0n) is 35.6. The molecule has 0 N–H and O–H groups in total. The van der Waals surface area contributed by atoms with Crippen LogP contribution in [0, 0.1) is 0 Å². The number of anilines is 3. The fourth-order valence-electron chi connectivity index (χ4n) is 10.7. The number of benzene rings is 10. The third-order valence-corrected chi connectivity index (χ3v) is 13.8. The fourth-order valence-corrected chi connectivity index (χ4v) is 10.7. The van der Waals surface area contributed by atoms with E-state index in [1.165, 1.54) is 66.0 Å². The molecule has 2 heterocycles. The summed E-state index contributed by atoms with van der Waals surface area (Å²) >= 11 is 0. The number of hydrogen-bond acceptors (Lipinski definition) is 2. The van der Waals surface area contributed by atoms with Gasteiger partial charge in [-0.1, -0.05) is 159 Å². The Labute approximate surface area is 371 Å². The van der Waals surface area contributed by atoms with Gasteiger partial charge in [0.2, 0.25) is 0 Å². The highest BCUT2D eigenvalue weighted by atomic mass is 16.3. The number of fused-ring (bicyclic) bond motifs is 10. The molecule has 1 aliphatic rings. The summed E-state index contributed by atoms with van der Waals surface area (Å²) in [4.78, 5) is 2.46. The van der Waals surface area contributed by atoms with Crippen LogP contribution in [0.2, 0.25) is 0 Å². The second-order valence-electron chi connectivity index (χ2n) is 17.7. The van der Waals surface area contributed by atoms with Crippen molar-refractivity contribution in [3.63, 3.8) is 0 Å². The predicted octanol–water partition coefficient (Wildman–Crippen LogP) is 16.9. The summed E-state index contributed by atoms with van der Waals surface area (Å²) in [5.74, 6) is 0. The molecule has 12 aromatic rings. The van der Waals surface area contributed by atoms with E-state index in [-0.39, 0.29) is 5.41 Å². The Morgan fingerprint density at radius 1 is 0.391 bits per heavy atom. The first-order valence-electron chi connectivity index (χ1n) is 22.2. The molecule has 0 saturated heterocycles. The van der Waals surface area contributed by atoms with Gasteiger partial charge in [0.1, 0.15) is 11.2 Å². The zero-order chi connectivity index (χ0) is 42.5. The van der Waals surface area contributed by atoms with Crippen LogP contribution in [0.3, 0.4) is 0 Å². The largest absolute Gasteiger partial charge is 0.456 e. The number of rotatable bonds is 6. The normalized spacial score (nSPS) is 13.0. The van der Waals surface area contributed by atoms with E-state index in [1.54, 1.807) is 0 Å². The molecule has 0 fully saturated rings. The molecule has 2 aromatic heterocycles. The average Bonchev–Trinajstić information content (AvgIpc) is 3.96. The van der Waals surface area contributed by atoms with Gasteiger partial charge in [-0.15, -0.1) is 0 Å². The Morgan fingerprint density at radius 3 is 1.91 bits per heavy atom. The van der Waals surface area contributed by atoms with Gasteiger partial charge >= 0.3 is 0 Å². The van der Waals surface area contributed by atoms with Gasteiger partial charge in [0.15, 0.2) is 0 Å². The monoisotopic (exact) mass is 818 g/mol. The highest BCUT2D eigenvalue weighted by Crippen LogP contribution is 2.51. The molecule has 64 heavy (non-hydrogen) atoms. The second-order valence-corrected chi connectivity index (χ2v) is 17.7. The van der Waals surface area contributed by atoms with Crippen molar-refractivity contribution in [2.75, 3.05) is 4.90 Å². The van der Waals surface area contributed by atoms with Crippen molar-refractivity contribution >= 4 is 71.6 Å². The van der Waals surface area contributed by atoms with E-state index in [0.717, 1.165) is 55.8 Å². The summed E-state index contributed by atoms with van der Waals surface area (Å²) in [6.45, 7) is 4.72. The van der Waals surface area contributed by atoms with Crippen LogP contribution in [0.25, 0.3) is 93.6 Å². The van der Waals surface area contributed by atoms with Crippen molar-refractivity contribution < 1.29 is 4.42 Å². The van der Waals surface area contributed by atoms with Gasteiger partial charge in [0.05, 0.1) is 16.7 Å². The van der Waals surface area contributed by atoms with E-state index in [1.807, 2.05) is 12.1 Å². The van der Waals surface area contributed by atoms with Crippen LogP contribution in [0.4, 0.5) is 17.1 Å². The van der Waals surface area contributed by atoms with E-state index in [9.17, 15) is 0 Å². The molecule has 1 aliphatic carbocycles. The van der Waals surface area contributed by atoms with Crippen molar-refractivity contribution in [1.29, 1.82) is 0 Å². The average molecular weight is 819 g/mol. The third-order valence-electron chi connectivity index (χ3n) is 13.8. The summed E-state index contributed by atoms with van der Waals surface area (Å²) in [6, 6.07) is 79.8. The van der Waals surface area contributed by atoms with Crippen LogP contribution in [0.1, 0.15) is 25.0 Å². The van der Waals surface area contributed by atoms with Crippen LogP contribution >= 0.6 is 0 Å². The molecule has 3 nitrogen and oxygen atoms in total. The Kier molecular flexibility index (Phi) is 7.95. The fraction of sp³-hybridized carbons (Fsp3) is 0.0492. The molecular formula is C61H42N2O. The van der Waals surface area contributed by atoms with E-state index in [4.69, 9.17) is 4.42 Å². The lowest BCUT2D eigenvalue weighted by molar-refractivity contribution is 0.660. The highest BCUT2D eigenvalue weighted by molar-refractivity contribution is 6.12. The zero-order valence-corrected chi connectivity index (χ0v) is 35.6. The summed E-state index contributed by atoms with van der Waals surface area (Å²) in [6.07, 6.45) is 0. The van der Waals surface area contributed by atoms with Crippen molar-refractivity contribution in [2.24, 2.45) is 0 Å². The lowest BCUT2D eigenvalue weighted by atomic mass is 9.82. The SMILES string of the molecule is CC1(C)c2ccccc2-c2ccc(N(c3cccc(-c4ccccc4-c4ccc5c(c4)c4ccccc4n5-c4ccc5c(c4)oc4ccccc45)c3)c3cccc4ccccc34)cc21. The maximum absolute atomic E-state index is 6.36. The number of hydrogen-bond donors (Lipinski definition) is 0. The molecule has 0 saturated carbocycles. The number of para-hydroxylation sites is 2. The molecule has 0 amide bonds. The predicted molar refractivity (Wildman–Crippen MR) is 269 cm³/mol. The quantitative estimate of drug-likeness (QED) is 0.167. The van der Waals surface area contributed by atoms with Gasteiger partial charge < -0.3 is 13.9 Å². The van der Waals surface area contributed by atoms with E-state index < -0.39 is 0 Å². The van der Waals surface area contributed by atoms with Crippen molar-refractivity contribution in [3.8, 4) is 39.1 Å². The standard InChI is InChI=1S/C61H42N2O/c1-61(2)54-25-10-7-22-48(54)49-32-30-43(37-55(49)61)62(56-27-14-16-39-15-3-4-21-47(39)56)42-18-13-17-40(35-42)45-19-5-6-20-46(45)41-29-34-58-53(36-41)50-23-8-11-26-57(50)63(58)44-31-33-52-51-24-9-12-28-59(51)64-60(52)38-44/h3-38H,1-2H3. The molecule has 0 bridgehead atoms. The van der Waals surface area contributed by atoms with Crippen LogP contribution in [-0.2, 0) is 5.41 Å². The Balaban J connectivity index is 0.949. The molecule has 0 aliphatic heterocycles. The van der Waals surface area contributed by atoms with Crippen LogP contribution < -0.4 is 4.90 Å². The van der Waals surface area contributed by atoms with Gasteiger partial charge in [0, 0.05) is 55.5 Å². The Hall–Kier alpha value is -8.14. The highest BCUT2D eigenvalue weighted by Gasteiger charge is 2.36. The first kappa shape index (κ1) is 36.5. The van der Waals surface area contributed by atoms with Gasteiger partial charge in [-0.25, -0.2) is 0 Å². The minimum absolute atomic E-state index is 0.122. The number of aromatic nitrogens is 1. The minimum atomic E-state index is -0.122. The van der Waals surface area contributed by atoms with Gasteiger partial charge in [-0.3, -0.25) is 0 Å². The maximum atomic E-state index is 6.36. The van der Waals surface area contributed by atoms with Gasteiger partial charge in [0.25, 0.3) is 0 Å². The molecule has 0 radical (unpaired) electrons. The van der Waals surface area contributed by atoms with E-state index in [2.05, 4.69) is 230 Å². The molecular weight excluding hydrogens is 777 g/mol. The van der Waals surface area contributed by atoms with E-state index in [0.29, 0.717) is 0 Å². The second kappa shape index (κ2) is 13.9. The number of nitrogens with zero attached hydrogens (tertiary/aromatic N) is 2. The van der Waals surface area contributed by atoms with Gasteiger partial charge in [-0.05, 0) is 117 Å². The first-order chi connectivity index (χ1) is 31.5. The van der Waals surface area contributed by atoms with Crippen molar-refractivity contribution in [1.82, 2.24) is 4.57 Å². The maximum Gasteiger partial charge on any atom is 0.137 e. The number of furan rings is 1. The smallest absolute Gasteiger partial charge is 0.137 e. The Morgan fingerprint density at radius 2 is 1.03 bits per heavy atom. The molecule has 13 rings (SSSR count). The molecule has 0 atom stereocenters. The molecule has 10 aromatic carbocycles. The molecule has 0 unspecified atom stereocenters. The summed E-state index contributed by atoms with van der Waals surface area (Å²) in [7, 11) is 0. The van der Waals surface area contributed by atoms with Crippen molar-refractivity contribution in [3.05, 3.63) is 230 Å².